The summed E-state index contributed by atoms with van der Waals surface area (Å²) in [4.78, 5) is 4.49. The van der Waals surface area contributed by atoms with E-state index in [9.17, 15) is 0 Å². The van der Waals surface area contributed by atoms with Crippen molar-refractivity contribution in [3.05, 3.63) is 47.5 Å². The first kappa shape index (κ1) is 10.9. The van der Waals surface area contributed by atoms with Gasteiger partial charge in [-0.25, -0.2) is 4.98 Å². The first-order valence-corrected chi connectivity index (χ1v) is 5.52. The molecule has 0 saturated carbocycles. The molecule has 0 aliphatic carbocycles. The van der Waals surface area contributed by atoms with E-state index < -0.39 is 0 Å². The van der Waals surface area contributed by atoms with E-state index in [2.05, 4.69) is 46.9 Å². The molecule has 0 amide bonds. The molecular formula is C13H17N3. The van der Waals surface area contributed by atoms with Crippen molar-refractivity contribution in [2.75, 3.05) is 6.54 Å². The van der Waals surface area contributed by atoms with E-state index >= 15 is 0 Å². The van der Waals surface area contributed by atoms with Crippen LogP contribution >= 0.6 is 0 Å². The number of imidazole rings is 1. The van der Waals surface area contributed by atoms with Crippen molar-refractivity contribution in [1.82, 2.24) is 9.55 Å². The number of hydrogen-bond donors (Lipinski definition) is 1. The number of hydrogen-bond acceptors (Lipinski definition) is 2. The van der Waals surface area contributed by atoms with Gasteiger partial charge in [0.1, 0.15) is 5.82 Å². The summed E-state index contributed by atoms with van der Waals surface area (Å²) < 4.78 is 2.11. The lowest BCUT2D eigenvalue weighted by Crippen LogP contribution is -2.02. The summed E-state index contributed by atoms with van der Waals surface area (Å²) in [7, 11) is 0. The maximum absolute atomic E-state index is 5.53. The highest BCUT2D eigenvalue weighted by Gasteiger charge is 2.05. The summed E-state index contributed by atoms with van der Waals surface area (Å²) in [6.07, 6.45) is 2.90. The lowest BCUT2D eigenvalue weighted by molar-refractivity contribution is 0.928. The lowest BCUT2D eigenvalue weighted by Gasteiger charge is -2.05. The Labute approximate surface area is 95.9 Å². The second-order valence-corrected chi connectivity index (χ2v) is 4.03. The van der Waals surface area contributed by atoms with E-state index in [0.717, 1.165) is 23.6 Å². The van der Waals surface area contributed by atoms with E-state index in [0.29, 0.717) is 6.54 Å². The Kier molecular flexibility index (Phi) is 3.06. The van der Waals surface area contributed by atoms with Gasteiger partial charge in [-0.15, -0.1) is 0 Å². The maximum Gasteiger partial charge on any atom is 0.110 e. The fourth-order valence-corrected chi connectivity index (χ4v) is 1.84. The van der Waals surface area contributed by atoms with Gasteiger partial charge >= 0.3 is 0 Å². The van der Waals surface area contributed by atoms with Crippen molar-refractivity contribution in [2.45, 2.75) is 20.3 Å². The molecule has 0 aliphatic heterocycles. The van der Waals surface area contributed by atoms with Crippen LogP contribution in [0.15, 0.2) is 30.5 Å². The summed E-state index contributed by atoms with van der Waals surface area (Å²) in [6, 6.07) is 8.40. The molecule has 1 aromatic heterocycles. The molecular weight excluding hydrogens is 198 g/mol. The van der Waals surface area contributed by atoms with Gasteiger partial charge in [-0.05, 0) is 38.1 Å². The Hall–Kier alpha value is -1.61. The number of rotatable bonds is 3. The Bertz CT molecular complexity index is 486. The molecule has 84 valence electrons. The summed E-state index contributed by atoms with van der Waals surface area (Å²) in [6.45, 7) is 4.75. The standard InChI is InChI=1S/C13H17N3/c1-10-4-3-5-13(8-10)16-9-12(6-7-14)15-11(16)2/h3-5,8-9H,6-7,14H2,1-2H3. The third-order valence-electron chi connectivity index (χ3n) is 2.61. The van der Waals surface area contributed by atoms with Gasteiger partial charge in [0, 0.05) is 18.3 Å². The third kappa shape index (κ3) is 2.14. The largest absolute Gasteiger partial charge is 0.330 e. The Balaban J connectivity index is 2.40. The highest BCUT2D eigenvalue weighted by molar-refractivity contribution is 5.37. The quantitative estimate of drug-likeness (QED) is 0.851. The molecule has 3 nitrogen and oxygen atoms in total. The van der Waals surface area contributed by atoms with Crippen molar-refractivity contribution >= 4 is 0 Å². The van der Waals surface area contributed by atoms with E-state index in [1.54, 1.807) is 0 Å². The van der Waals surface area contributed by atoms with Crippen molar-refractivity contribution in [3.8, 4) is 5.69 Å². The van der Waals surface area contributed by atoms with Crippen LogP contribution in [0.1, 0.15) is 17.1 Å². The maximum atomic E-state index is 5.53. The van der Waals surface area contributed by atoms with Crippen molar-refractivity contribution in [3.63, 3.8) is 0 Å². The molecule has 0 spiro atoms. The molecule has 1 aromatic carbocycles. The average molecular weight is 215 g/mol. The molecule has 0 fully saturated rings. The topological polar surface area (TPSA) is 43.8 Å². The predicted octanol–water partition coefficient (Wildman–Crippen LogP) is 1.99. The SMILES string of the molecule is Cc1cccc(-n2cc(CCN)nc2C)c1. The van der Waals surface area contributed by atoms with E-state index in [1.165, 1.54) is 5.56 Å². The van der Waals surface area contributed by atoms with Gasteiger partial charge in [0.15, 0.2) is 0 Å². The number of nitrogens with zero attached hydrogens (tertiary/aromatic N) is 2. The molecule has 3 heteroatoms. The molecule has 0 atom stereocenters. The van der Waals surface area contributed by atoms with Crippen LogP contribution in [-0.4, -0.2) is 16.1 Å². The molecule has 1 heterocycles. The van der Waals surface area contributed by atoms with Crippen LogP contribution in [-0.2, 0) is 6.42 Å². The molecule has 0 bridgehead atoms. The third-order valence-corrected chi connectivity index (χ3v) is 2.61. The Morgan fingerprint density at radius 2 is 2.12 bits per heavy atom. The zero-order valence-corrected chi connectivity index (χ0v) is 9.77. The minimum Gasteiger partial charge on any atom is -0.330 e. The van der Waals surface area contributed by atoms with Crippen LogP contribution in [0.5, 0.6) is 0 Å². The van der Waals surface area contributed by atoms with E-state index in [4.69, 9.17) is 5.73 Å². The van der Waals surface area contributed by atoms with Crippen molar-refractivity contribution in [2.24, 2.45) is 5.73 Å². The molecule has 0 unspecified atom stereocenters. The monoisotopic (exact) mass is 215 g/mol. The van der Waals surface area contributed by atoms with Gasteiger partial charge in [0.05, 0.1) is 5.69 Å². The number of nitrogens with two attached hydrogens (primary N) is 1. The average Bonchev–Trinajstić information content (AvgIpc) is 2.60. The van der Waals surface area contributed by atoms with E-state index in [-0.39, 0.29) is 0 Å². The number of benzene rings is 1. The first-order valence-electron chi connectivity index (χ1n) is 5.52. The molecule has 0 radical (unpaired) electrons. The Morgan fingerprint density at radius 3 is 2.81 bits per heavy atom. The molecule has 0 saturated heterocycles. The summed E-state index contributed by atoms with van der Waals surface area (Å²) in [5, 5.41) is 0. The zero-order chi connectivity index (χ0) is 11.5. The molecule has 2 rings (SSSR count). The normalized spacial score (nSPS) is 10.7. The molecule has 2 aromatic rings. The Morgan fingerprint density at radius 1 is 1.31 bits per heavy atom. The zero-order valence-electron chi connectivity index (χ0n) is 9.77. The number of aryl methyl sites for hydroxylation is 2. The van der Waals surface area contributed by atoms with Gasteiger partial charge in [0.25, 0.3) is 0 Å². The van der Waals surface area contributed by atoms with Crippen molar-refractivity contribution in [1.29, 1.82) is 0 Å². The van der Waals surface area contributed by atoms with Crippen LogP contribution in [0.25, 0.3) is 5.69 Å². The smallest absolute Gasteiger partial charge is 0.110 e. The summed E-state index contributed by atoms with van der Waals surface area (Å²) in [5.41, 5.74) is 9.01. The molecule has 16 heavy (non-hydrogen) atoms. The van der Waals surface area contributed by atoms with Gasteiger partial charge in [-0.3, -0.25) is 0 Å². The number of aromatic nitrogens is 2. The first-order chi connectivity index (χ1) is 7.70. The van der Waals surface area contributed by atoms with Gasteiger partial charge in [-0.1, -0.05) is 12.1 Å². The van der Waals surface area contributed by atoms with Gasteiger partial charge < -0.3 is 10.3 Å². The predicted molar refractivity (Wildman–Crippen MR) is 65.8 cm³/mol. The summed E-state index contributed by atoms with van der Waals surface area (Å²) in [5.74, 6) is 1.01. The fraction of sp³-hybridized carbons (Fsp3) is 0.308. The second-order valence-electron chi connectivity index (χ2n) is 4.03. The van der Waals surface area contributed by atoms with E-state index in [1.807, 2.05) is 6.92 Å². The van der Waals surface area contributed by atoms with Crippen molar-refractivity contribution < 1.29 is 0 Å². The lowest BCUT2D eigenvalue weighted by atomic mass is 10.2. The highest BCUT2D eigenvalue weighted by Crippen LogP contribution is 2.14. The fourth-order valence-electron chi connectivity index (χ4n) is 1.84. The van der Waals surface area contributed by atoms with Crippen LogP contribution in [0, 0.1) is 13.8 Å². The van der Waals surface area contributed by atoms with Crippen LogP contribution in [0.2, 0.25) is 0 Å². The van der Waals surface area contributed by atoms with Crippen LogP contribution < -0.4 is 5.73 Å². The van der Waals surface area contributed by atoms with Crippen LogP contribution in [0.3, 0.4) is 0 Å². The minimum atomic E-state index is 0.643. The minimum absolute atomic E-state index is 0.643. The van der Waals surface area contributed by atoms with Crippen LogP contribution in [0.4, 0.5) is 0 Å². The summed E-state index contributed by atoms with van der Waals surface area (Å²) >= 11 is 0. The van der Waals surface area contributed by atoms with Gasteiger partial charge in [-0.2, -0.15) is 0 Å². The molecule has 2 N–H and O–H groups in total. The molecule has 0 aliphatic rings. The van der Waals surface area contributed by atoms with Gasteiger partial charge in [0.2, 0.25) is 0 Å². The highest BCUT2D eigenvalue weighted by atomic mass is 15.1. The second kappa shape index (κ2) is 4.49.